The highest BCUT2D eigenvalue weighted by atomic mass is 79.9. The number of hydrogen-bond acceptors (Lipinski definition) is 4. The molecule has 1 aliphatic rings. The zero-order valence-corrected chi connectivity index (χ0v) is 16.0. The topological polar surface area (TPSA) is 65.4 Å². The number of hydrogen-bond donors (Lipinski definition) is 1. The van der Waals surface area contributed by atoms with Crippen LogP contribution in [0.15, 0.2) is 34.9 Å². The lowest BCUT2D eigenvalue weighted by Crippen LogP contribution is -2.39. The molecule has 0 saturated heterocycles. The summed E-state index contributed by atoms with van der Waals surface area (Å²) in [4.78, 5) is 12.2. The van der Waals surface area contributed by atoms with Crippen molar-refractivity contribution in [1.82, 2.24) is 15.1 Å². The molecule has 6 nitrogen and oxygen atoms in total. The normalized spacial score (nSPS) is 20.1. The van der Waals surface area contributed by atoms with E-state index in [0.717, 1.165) is 41.6 Å². The summed E-state index contributed by atoms with van der Waals surface area (Å²) in [5.41, 5.74) is 1.07. The van der Waals surface area contributed by atoms with Crippen molar-refractivity contribution in [3.63, 3.8) is 0 Å². The minimum Gasteiger partial charge on any atom is -0.497 e. The average Bonchev–Trinajstić information content (AvgIpc) is 2.94. The number of carbonyl (C=O) groups excluding carboxylic acids is 1. The molecule has 25 heavy (non-hydrogen) atoms. The van der Waals surface area contributed by atoms with Crippen LogP contribution in [-0.2, 0) is 7.05 Å². The Labute approximate surface area is 155 Å². The molecule has 1 N–H and O–H groups in total. The van der Waals surface area contributed by atoms with Gasteiger partial charge in [-0.2, -0.15) is 5.10 Å². The number of nitrogens with zero attached hydrogens (tertiary/aromatic N) is 2. The maximum absolute atomic E-state index is 12.2. The van der Waals surface area contributed by atoms with Crippen molar-refractivity contribution in [2.45, 2.75) is 37.6 Å². The van der Waals surface area contributed by atoms with E-state index in [-0.39, 0.29) is 6.04 Å². The first-order valence-electron chi connectivity index (χ1n) is 8.36. The SMILES string of the molecule is COc1ccc(OC(=O)NC2CCCC(c3nn(C)cc3Br)C2)cc1. The summed E-state index contributed by atoms with van der Waals surface area (Å²) < 4.78 is 13.3. The van der Waals surface area contributed by atoms with E-state index in [0.29, 0.717) is 11.7 Å². The van der Waals surface area contributed by atoms with Gasteiger partial charge in [0.05, 0.1) is 17.3 Å². The van der Waals surface area contributed by atoms with Gasteiger partial charge in [0.25, 0.3) is 0 Å². The third-order valence-corrected chi connectivity index (χ3v) is 5.07. The van der Waals surface area contributed by atoms with Crippen LogP contribution in [0.4, 0.5) is 4.79 Å². The first-order valence-corrected chi connectivity index (χ1v) is 9.16. The molecule has 1 amide bonds. The van der Waals surface area contributed by atoms with Crippen LogP contribution in [0, 0.1) is 0 Å². The van der Waals surface area contributed by atoms with Gasteiger partial charge < -0.3 is 14.8 Å². The maximum atomic E-state index is 12.2. The molecule has 1 aromatic carbocycles. The van der Waals surface area contributed by atoms with Crippen molar-refractivity contribution in [1.29, 1.82) is 0 Å². The molecule has 0 radical (unpaired) electrons. The number of methoxy groups -OCH3 is 1. The molecule has 1 heterocycles. The van der Waals surface area contributed by atoms with Crippen LogP contribution in [0.25, 0.3) is 0 Å². The summed E-state index contributed by atoms with van der Waals surface area (Å²) in [7, 11) is 3.51. The summed E-state index contributed by atoms with van der Waals surface area (Å²) in [6, 6.07) is 7.05. The van der Waals surface area contributed by atoms with E-state index in [4.69, 9.17) is 9.47 Å². The molecule has 0 spiro atoms. The van der Waals surface area contributed by atoms with Crippen molar-refractivity contribution in [2.75, 3.05) is 7.11 Å². The number of carbonyl (C=O) groups is 1. The summed E-state index contributed by atoms with van der Waals surface area (Å²) in [6.45, 7) is 0. The van der Waals surface area contributed by atoms with Gasteiger partial charge >= 0.3 is 6.09 Å². The van der Waals surface area contributed by atoms with Gasteiger partial charge in [0, 0.05) is 25.2 Å². The number of halogens is 1. The molecular weight excluding hydrogens is 386 g/mol. The van der Waals surface area contributed by atoms with Crippen LogP contribution >= 0.6 is 15.9 Å². The minimum atomic E-state index is -0.420. The van der Waals surface area contributed by atoms with E-state index in [1.54, 1.807) is 31.4 Å². The molecule has 1 aliphatic carbocycles. The summed E-state index contributed by atoms with van der Waals surface area (Å²) in [5.74, 6) is 1.57. The Morgan fingerprint density at radius 3 is 2.64 bits per heavy atom. The second kappa shape index (κ2) is 7.91. The van der Waals surface area contributed by atoms with Crippen molar-refractivity contribution >= 4 is 22.0 Å². The van der Waals surface area contributed by atoms with Gasteiger partial charge in [-0.3, -0.25) is 4.68 Å². The van der Waals surface area contributed by atoms with Crippen LogP contribution in [-0.4, -0.2) is 29.0 Å². The Hall–Kier alpha value is -2.02. The summed E-state index contributed by atoms with van der Waals surface area (Å²) >= 11 is 3.57. The second-order valence-corrected chi connectivity index (χ2v) is 7.16. The highest BCUT2D eigenvalue weighted by Gasteiger charge is 2.27. The Bertz CT molecular complexity index is 730. The van der Waals surface area contributed by atoms with Crippen molar-refractivity contribution in [3.8, 4) is 11.5 Å². The third kappa shape index (κ3) is 4.54. The molecule has 1 saturated carbocycles. The number of amides is 1. The Morgan fingerprint density at radius 2 is 2.00 bits per heavy atom. The van der Waals surface area contributed by atoms with Gasteiger partial charge in [-0.25, -0.2) is 4.79 Å². The molecule has 1 fully saturated rings. The maximum Gasteiger partial charge on any atom is 0.412 e. The third-order valence-electron chi connectivity index (χ3n) is 4.46. The second-order valence-electron chi connectivity index (χ2n) is 6.31. The van der Waals surface area contributed by atoms with Gasteiger partial charge in [0.1, 0.15) is 11.5 Å². The van der Waals surface area contributed by atoms with Crippen LogP contribution in [0.5, 0.6) is 11.5 Å². The van der Waals surface area contributed by atoms with E-state index in [1.165, 1.54) is 0 Å². The Kier molecular flexibility index (Phi) is 5.63. The van der Waals surface area contributed by atoms with Crippen LogP contribution < -0.4 is 14.8 Å². The fourth-order valence-electron chi connectivity index (χ4n) is 3.27. The van der Waals surface area contributed by atoms with E-state index < -0.39 is 6.09 Å². The molecular formula is C18H22BrN3O3. The average molecular weight is 408 g/mol. The van der Waals surface area contributed by atoms with Gasteiger partial charge in [0.15, 0.2) is 0 Å². The number of aromatic nitrogens is 2. The number of aryl methyl sites for hydroxylation is 1. The summed E-state index contributed by atoms with van der Waals surface area (Å²) in [5, 5.41) is 7.53. The Morgan fingerprint density at radius 1 is 1.28 bits per heavy atom. The van der Waals surface area contributed by atoms with E-state index in [9.17, 15) is 4.79 Å². The van der Waals surface area contributed by atoms with Gasteiger partial charge in [-0.1, -0.05) is 6.42 Å². The van der Waals surface area contributed by atoms with Crippen LogP contribution in [0.3, 0.4) is 0 Å². The zero-order valence-electron chi connectivity index (χ0n) is 14.4. The predicted octanol–water partition coefficient (Wildman–Crippen LogP) is 4.01. The van der Waals surface area contributed by atoms with Gasteiger partial charge in [-0.05, 0) is 59.5 Å². The fraction of sp³-hybridized carbons (Fsp3) is 0.444. The van der Waals surface area contributed by atoms with Crippen molar-refractivity contribution in [2.24, 2.45) is 7.05 Å². The number of ether oxygens (including phenoxy) is 2. The highest BCUT2D eigenvalue weighted by Crippen LogP contribution is 2.35. The number of rotatable bonds is 4. The van der Waals surface area contributed by atoms with Crippen molar-refractivity contribution < 1.29 is 14.3 Å². The molecule has 1 aromatic heterocycles. The molecule has 3 rings (SSSR count). The molecule has 2 atom stereocenters. The monoisotopic (exact) mass is 407 g/mol. The molecule has 2 unspecified atom stereocenters. The van der Waals surface area contributed by atoms with Crippen molar-refractivity contribution in [3.05, 3.63) is 40.6 Å². The van der Waals surface area contributed by atoms with Crippen LogP contribution in [0.2, 0.25) is 0 Å². The quantitative estimate of drug-likeness (QED) is 0.831. The van der Waals surface area contributed by atoms with Gasteiger partial charge in [0.2, 0.25) is 0 Å². The fourth-order valence-corrected chi connectivity index (χ4v) is 3.97. The predicted molar refractivity (Wildman–Crippen MR) is 98.1 cm³/mol. The highest BCUT2D eigenvalue weighted by molar-refractivity contribution is 9.10. The molecule has 0 aliphatic heterocycles. The van der Waals surface area contributed by atoms with Crippen LogP contribution in [0.1, 0.15) is 37.3 Å². The first-order chi connectivity index (χ1) is 12.0. The van der Waals surface area contributed by atoms with Gasteiger partial charge in [-0.15, -0.1) is 0 Å². The minimum absolute atomic E-state index is 0.0957. The summed E-state index contributed by atoms with van der Waals surface area (Å²) in [6.07, 6.45) is 5.51. The molecule has 0 bridgehead atoms. The largest absolute Gasteiger partial charge is 0.497 e. The number of nitrogens with one attached hydrogen (secondary N) is 1. The molecule has 7 heteroatoms. The van der Waals surface area contributed by atoms with E-state index in [2.05, 4.69) is 26.3 Å². The lowest BCUT2D eigenvalue weighted by molar-refractivity contribution is 0.190. The zero-order chi connectivity index (χ0) is 17.8. The molecule has 134 valence electrons. The molecule has 2 aromatic rings. The Balaban J connectivity index is 1.56. The lowest BCUT2D eigenvalue weighted by atomic mass is 9.84. The smallest absolute Gasteiger partial charge is 0.412 e. The number of benzene rings is 1. The lowest BCUT2D eigenvalue weighted by Gasteiger charge is -2.28. The van der Waals surface area contributed by atoms with E-state index in [1.807, 2.05) is 17.9 Å². The first kappa shape index (κ1) is 17.8. The standard InChI is InChI=1S/C18H22BrN3O3/c1-22-11-16(19)17(21-22)12-4-3-5-13(10-12)20-18(23)25-15-8-6-14(24-2)7-9-15/h6-9,11-13H,3-5,10H2,1-2H3,(H,20,23). The van der Waals surface area contributed by atoms with E-state index >= 15 is 0 Å².